The van der Waals surface area contributed by atoms with Gasteiger partial charge < -0.3 is 5.11 Å². The standard InChI is InChI=1S/C10H17NO/c1-3-9(7-11)10(12)5-4-8(2)6-10/h8-9,12H,3-6H2,1-2H3. The molecule has 0 aromatic rings. The molecule has 3 unspecified atom stereocenters. The lowest BCUT2D eigenvalue weighted by atomic mass is 9.84. The molecular formula is C10H17NO. The Labute approximate surface area is 74.2 Å². The van der Waals surface area contributed by atoms with E-state index in [0.29, 0.717) is 5.92 Å². The number of hydrogen-bond donors (Lipinski definition) is 1. The van der Waals surface area contributed by atoms with Gasteiger partial charge in [-0.1, -0.05) is 13.8 Å². The summed E-state index contributed by atoms with van der Waals surface area (Å²) in [6.45, 7) is 4.11. The van der Waals surface area contributed by atoms with Crippen molar-refractivity contribution in [1.82, 2.24) is 0 Å². The van der Waals surface area contributed by atoms with Crippen LogP contribution < -0.4 is 0 Å². The van der Waals surface area contributed by atoms with Crippen molar-refractivity contribution in [3.05, 3.63) is 0 Å². The first-order chi connectivity index (χ1) is 5.62. The van der Waals surface area contributed by atoms with Gasteiger partial charge >= 0.3 is 0 Å². The largest absolute Gasteiger partial charge is 0.389 e. The summed E-state index contributed by atoms with van der Waals surface area (Å²) in [6.07, 6.45) is 3.44. The van der Waals surface area contributed by atoms with Gasteiger partial charge in [-0.3, -0.25) is 0 Å². The van der Waals surface area contributed by atoms with E-state index in [2.05, 4.69) is 13.0 Å². The highest BCUT2D eigenvalue weighted by Crippen LogP contribution is 2.40. The maximum Gasteiger partial charge on any atom is 0.0807 e. The highest BCUT2D eigenvalue weighted by atomic mass is 16.3. The van der Waals surface area contributed by atoms with Crippen molar-refractivity contribution in [2.45, 2.75) is 45.1 Å². The predicted molar refractivity (Wildman–Crippen MR) is 47.4 cm³/mol. The second kappa shape index (κ2) is 3.45. The van der Waals surface area contributed by atoms with Crippen LogP contribution in [0.1, 0.15) is 39.5 Å². The Morgan fingerprint density at radius 3 is 2.75 bits per heavy atom. The Bertz CT molecular complexity index is 197. The highest BCUT2D eigenvalue weighted by molar-refractivity contribution is 5.01. The third kappa shape index (κ3) is 1.61. The van der Waals surface area contributed by atoms with E-state index in [1.807, 2.05) is 6.92 Å². The molecule has 0 aliphatic heterocycles. The van der Waals surface area contributed by atoms with Gasteiger partial charge in [0.25, 0.3) is 0 Å². The Morgan fingerprint density at radius 1 is 1.75 bits per heavy atom. The zero-order valence-electron chi connectivity index (χ0n) is 7.88. The van der Waals surface area contributed by atoms with E-state index in [4.69, 9.17) is 5.26 Å². The number of aliphatic hydroxyl groups is 1. The zero-order chi connectivity index (χ0) is 9.19. The Morgan fingerprint density at radius 2 is 2.42 bits per heavy atom. The van der Waals surface area contributed by atoms with Crippen molar-refractivity contribution in [3.63, 3.8) is 0 Å². The summed E-state index contributed by atoms with van der Waals surface area (Å²) in [5, 5.41) is 18.9. The second-order valence-corrected chi connectivity index (χ2v) is 4.04. The third-order valence-electron chi connectivity index (χ3n) is 2.98. The molecule has 1 fully saturated rings. The van der Waals surface area contributed by atoms with Gasteiger partial charge in [0, 0.05) is 0 Å². The molecule has 1 aliphatic carbocycles. The molecule has 0 bridgehead atoms. The Balaban J connectivity index is 2.66. The number of rotatable bonds is 2. The SMILES string of the molecule is CCC(C#N)C1(O)CCC(C)C1. The molecule has 0 amide bonds. The molecule has 0 saturated heterocycles. The minimum Gasteiger partial charge on any atom is -0.389 e. The predicted octanol–water partition coefficient (Wildman–Crippen LogP) is 2.09. The van der Waals surface area contributed by atoms with Crippen LogP contribution in [0, 0.1) is 23.2 Å². The normalized spacial score (nSPS) is 37.7. The fourth-order valence-electron chi connectivity index (χ4n) is 2.21. The van der Waals surface area contributed by atoms with Gasteiger partial charge in [0.1, 0.15) is 0 Å². The summed E-state index contributed by atoms with van der Waals surface area (Å²) < 4.78 is 0. The van der Waals surface area contributed by atoms with Crippen LogP contribution in [0.5, 0.6) is 0 Å². The molecule has 68 valence electrons. The fourth-order valence-corrected chi connectivity index (χ4v) is 2.21. The van der Waals surface area contributed by atoms with Gasteiger partial charge in [-0.2, -0.15) is 5.26 Å². The lowest BCUT2D eigenvalue weighted by molar-refractivity contribution is 0.00465. The van der Waals surface area contributed by atoms with Crippen LogP contribution in [0.4, 0.5) is 0 Å². The summed E-state index contributed by atoms with van der Waals surface area (Å²) in [4.78, 5) is 0. The molecule has 0 aromatic heterocycles. The van der Waals surface area contributed by atoms with Crippen molar-refractivity contribution in [2.75, 3.05) is 0 Å². The molecule has 12 heavy (non-hydrogen) atoms. The van der Waals surface area contributed by atoms with E-state index in [1.54, 1.807) is 0 Å². The lowest BCUT2D eigenvalue weighted by Crippen LogP contribution is -2.33. The van der Waals surface area contributed by atoms with Gasteiger partial charge in [0.05, 0.1) is 17.6 Å². The molecule has 2 nitrogen and oxygen atoms in total. The van der Waals surface area contributed by atoms with Crippen molar-refractivity contribution in [1.29, 1.82) is 5.26 Å². The molecule has 0 radical (unpaired) electrons. The van der Waals surface area contributed by atoms with Crippen molar-refractivity contribution < 1.29 is 5.11 Å². The summed E-state index contributed by atoms with van der Waals surface area (Å²) in [7, 11) is 0. The van der Waals surface area contributed by atoms with E-state index in [9.17, 15) is 5.11 Å². The maximum atomic E-state index is 10.1. The van der Waals surface area contributed by atoms with Crippen LogP contribution in [-0.2, 0) is 0 Å². The van der Waals surface area contributed by atoms with Crippen LogP contribution in [0.15, 0.2) is 0 Å². The number of hydrogen-bond acceptors (Lipinski definition) is 2. The minimum absolute atomic E-state index is 0.164. The summed E-state index contributed by atoms with van der Waals surface area (Å²) >= 11 is 0. The Hall–Kier alpha value is -0.550. The minimum atomic E-state index is -0.678. The molecule has 1 rings (SSSR count). The highest BCUT2D eigenvalue weighted by Gasteiger charge is 2.41. The van der Waals surface area contributed by atoms with Crippen molar-refractivity contribution in [3.8, 4) is 6.07 Å². The van der Waals surface area contributed by atoms with Crippen LogP contribution >= 0.6 is 0 Å². The van der Waals surface area contributed by atoms with Gasteiger partial charge in [0.2, 0.25) is 0 Å². The lowest BCUT2D eigenvalue weighted by Gasteiger charge is -2.26. The monoisotopic (exact) mass is 167 g/mol. The number of nitriles is 1. The molecule has 0 heterocycles. The molecule has 0 spiro atoms. The van der Waals surface area contributed by atoms with E-state index >= 15 is 0 Å². The molecule has 1 saturated carbocycles. The molecule has 0 aromatic carbocycles. The van der Waals surface area contributed by atoms with Gasteiger partial charge in [0.15, 0.2) is 0 Å². The smallest absolute Gasteiger partial charge is 0.0807 e. The topological polar surface area (TPSA) is 44.0 Å². The quantitative estimate of drug-likeness (QED) is 0.684. The van der Waals surface area contributed by atoms with E-state index in [-0.39, 0.29) is 5.92 Å². The summed E-state index contributed by atoms with van der Waals surface area (Å²) in [6, 6.07) is 2.20. The first kappa shape index (κ1) is 9.54. The van der Waals surface area contributed by atoms with Crippen LogP contribution in [-0.4, -0.2) is 10.7 Å². The van der Waals surface area contributed by atoms with Crippen LogP contribution in [0.25, 0.3) is 0 Å². The molecular weight excluding hydrogens is 150 g/mol. The fraction of sp³-hybridized carbons (Fsp3) is 0.900. The Kier molecular flexibility index (Phi) is 2.74. The molecule has 3 atom stereocenters. The van der Waals surface area contributed by atoms with Gasteiger partial charge in [-0.15, -0.1) is 0 Å². The number of nitrogens with zero attached hydrogens (tertiary/aromatic N) is 1. The average Bonchev–Trinajstić information content (AvgIpc) is 2.34. The van der Waals surface area contributed by atoms with E-state index in [1.165, 1.54) is 0 Å². The van der Waals surface area contributed by atoms with Crippen molar-refractivity contribution >= 4 is 0 Å². The van der Waals surface area contributed by atoms with Crippen molar-refractivity contribution in [2.24, 2.45) is 11.8 Å². The molecule has 1 aliphatic rings. The maximum absolute atomic E-state index is 10.1. The van der Waals surface area contributed by atoms with E-state index in [0.717, 1.165) is 25.7 Å². The third-order valence-corrected chi connectivity index (χ3v) is 2.98. The van der Waals surface area contributed by atoms with Crippen LogP contribution in [0.2, 0.25) is 0 Å². The first-order valence-corrected chi connectivity index (χ1v) is 4.74. The summed E-state index contributed by atoms with van der Waals surface area (Å²) in [5.41, 5.74) is -0.678. The van der Waals surface area contributed by atoms with Crippen LogP contribution in [0.3, 0.4) is 0 Å². The second-order valence-electron chi connectivity index (χ2n) is 4.04. The van der Waals surface area contributed by atoms with Gasteiger partial charge in [-0.05, 0) is 31.6 Å². The molecule has 1 N–H and O–H groups in total. The average molecular weight is 167 g/mol. The first-order valence-electron chi connectivity index (χ1n) is 4.74. The zero-order valence-corrected chi connectivity index (χ0v) is 7.88. The van der Waals surface area contributed by atoms with Gasteiger partial charge in [-0.25, -0.2) is 0 Å². The molecule has 2 heteroatoms. The van der Waals surface area contributed by atoms with E-state index < -0.39 is 5.60 Å². The summed E-state index contributed by atoms with van der Waals surface area (Å²) in [5.74, 6) is 0.417.